The molecule has 10 aromatic carbocycles. The summed E-state index contributed by atoms with van der Waals surface area (Å²) in [6.45, 7) is 18.5. The second kappa shape index (κ2) is 51.0. The van der Waals surface area contributed by atoms with Crippen molar-refractivity contribution in [1.29, 1.82) is 0 Å². The van der Waals surface area contributed by atoms with Crippen molar-refractivity contribution in [1.82, 2.24) is 0 Å². The zero-order valence-corrected chi connectivity index (χ0v) is 74.1. The fourth-order valence-corrected chi connectivity index (χ4v) is 14.4. The molecule has 3 N–H and O–H groups in total. The summed E-state index contributed by atoms with van der Waals surface area (Å²) in [5.41, 5.74) is 15.8. The quantitative estimate of drug-likeness (QED) is 0.00810. The Morgan fingerprint density at radius 3 is 1.02 bits per heavy atom. The van der Waals surface area contributed by atoms with E-state index in [-0.39, 0.29) is 28.5 Å². The normalized spacial score (nSPS) is 11.0. The number of nitro groups is 1. The largest absolute Gasteiger partial charge is 0.508 e. The van der Waals surface area contributed by atoms with E-state index in [1.165, 1.54) is 147 Å². The van der Waals surface area contributed by atoms with Crippen molar-refractivity contribution < 1.29 is 58.3 Å². The third-order valence-electron chi connectivity index (χ3n) is 21.8. The monoisotopic (exact) mass is 1650 g/mol. The zero-order valence-electron chi connectivity index (χ0n) is 74.1. The summed E-state index contributed by atoms with van der Waals surface area (Å²) >= 11 is 0. The molecule has 16 heteroatoms. The van der Waals surface area contributed by atoms with Gasteiger partial charge in [0.2, 0.25) is 5.75 Å². The van der Waals surface area contributed by atoms with E-state index in [4.69, 9.17) is 28.8 Å². The SMILES string of the molecule is CCCCCCCCCCOc1ccc(-c2ccc(C(=O)O)cc2)cc1.CCCCCCCCCCOc1ccc(-c2ccc(C(=O)Oc3cc(N(C)C)c(C)cc3/C=C/c3cc(OC(=O)c4ccc(-c5ccc(OCCCCCCCCCC)cc5)cc4)c([N+](=O)[O-])cc3C)cc2)cc1.Cc1cc(C)c(/C=C/c2cc(C)c(N(C)C)cc2O)cc1O. The van der Waals surface area contributed by atoms with Crippen molar-refractivity contribution in [2.45, 2.75) is 209 Å². The standard InChI is InChI=1S/C64H76N2O8.C23H30O3.C19H23NO2/c1-7-9-11-13-15-17-19-21-41-71-57-37-33-51(34-38-57)49-23-27-53(28-24-49)63(67)73-61-46-59(65(5)6)48(4)43-56(61)32-31-55-45-62(60(66(69)70)44-47(55)3)74-64(68)54-29-25-50(26-30-54)52-35-39-58(40-36-52)72-42-22-20-18-16-14-12-10-8-2;1-2-3-4-5-6-7-8-9-18-26-22-16-14-20(15-17-22)19-10-12-21(13-11-19)23(24)25;1-12-8-14(3)18(21)10-15(12)6-7-16-9-13(2)17(20(4)5)11-19(16)22/h23-40,43-46H,7-22,41-42H2,1-6H3;10-17H,2-9,18H2,1H3,(H,24,25);6-11,21-22H,1-5H3/b32-31+;;7-6+. The van der Waals surface area contributed by atoms with E-state index in [9.17, 15) is 34.7 Å². The Morgan fingerprint density at radius 1 is 0.336 bits per heavy atom. The average molecular weight is 1650 g/mol. The number of carbonyl (C=O) groups is 3. The fourth-order valence-electron chi connectivity index (χ4n) is 14.4. The van der Waals surface area contributed by atoms with Crippen LogP contribution in [0.15, 0.2) is 194 Å². The van der Waals surface area contributed by atoms with Crippen molar-refractivity contribution in [3.8, 4) is 73.6 Å². The lowest BCUT2D eigenvalue weighted by Crippen LogP contribution is -2.13. The summed E-state index contributed by atoms with van der Waals surface area (Å²) in [5.74, 6) is 1.07. The van der Waals surface area contributed by atoms with Gasteiger partial charge in [0, 0.05) is 68.9 Å². The van der Waals surface area contributed by atoms with Crippen molar-refractivity contribution in [3.63, 3.8) is 0 Å². The molecule has 122 heavy (non-hydrogen) atoms. The molecule has 0 atom stereocenters. The number of nitrogens with zero attached hydrogens (tertiary/aromatic N) is 3. The summed E-state index contributed by atoms with van der Waals surface area (Å²) in [5, 5.41) is 41.2. The third kappa shape index (κ3) is 31.3. The van der Waals surface area contributed by atoms with E-state index in [0.29, 0.717) is 46.8 Å². The van der Waals surface area contributed by atoms with Crippen LogP contribution in [0.3, 0.4) is 0 Å². The molecule has 0 heterocycles. The number of hydrogen-bond donors (Lipinski definition) is 3. The van der Waals surface area contributed by atoms with Crippen LogP contribution in [0.2, 0.25) is 0 Å². The number of aromatic carboxylic acids is 1. The molecule has 0 bridgehead atoms. The number of ether oxygens (including phenoxy) is 5. The maximum atomic E-state index is 13.7. The number of benzene rings is 10. The van der Waals surface area contributed by atoms with Gasteiger partial charge in [-0.05, 0) is 223 Å². The van der Waals surface area contributed by atoms with Gasteiger partial charge < -0.3 is 48.8 Å². The highest BCUT2D eigenvalue weighted by Gasteiger charge is 2.23. The molecule has 0 fully saturated rings. The smallest absolute Gasteiger partial charge is 0.343 e. The summed E-state index contributed by atoms with van der Waals surface area (Å²) in [6.07, 6.45) is 37.8. The van der Waals surface area contributed by atoms with Gasteiger partial charge in [0.1, 0.15) is 34.5 Å². The molecule has 646 valence electrons. The van der Waals surface area contributed by atoms with E-state index in [1.807, 2.05) is 211 Å². The van der Waals surface area contributed by atoms with Gasteiger partial charge in [-0.1, -0.05) is 259 Å². The zero-order chi connectivity index (χ0) is 87.7. The summed E-state index contributed by atoms with van der Waals surface area (Å²) in [7, 11) is 7.75. The van der Waals surface area contributed by atoms with Gasteiger partial charge in [0.05, 0.1) is 41.4 Å². The summed E-state index contributed by atoms with van der Waals surface area (Å²) in [6, 6.07) is 59.1. The van der Waals surface area contributed by atoms with Crippen LogP contribution < -0.4 is 33.5 Å². The van der Waals surface area contributed by atoms with Gasteiger partial charge in [0.15, 0.2) is 0 Å². The van der Waals surface area contributed by atoms with E-state index < -0.39 is 22.8 Å². The minimum atomic E-state index is -0.902. The number of carboxylic acids is 1. The van der Waals surface area contributed by atoms with Crippen molar-refractivity contribution in [2.75, 3.05) is 57.8 Å². The van der Waals surface area contributed by atoms with Crippen LogP contribution in [0.4, 0.5) is 17.1 Å². The molecule has 16 nitrogen and oxygen atoms in total. The van der Waals surface area contributed by atoms with E-state index in [1.54, 1.807) is 67.6 Å². The molecule has 0 aliphatic carbocycles. The lowest BCUT2D eigenvalue weighted by atomic mass is 10.0. The first-order valence-corrected chi connectivity index (χ1v) is 43.9. The maximum absolute atomic E-state index is 13.7. The summed E-state index contributed by atoms with van der Waals surface area (Å²) in [4.78, 5) is 53.8. The fraction of sp³-hybridized carbons (Fsp3) is 0.368. The molecule has 0 amide bonds. The van der Waals surface area contributed by atoms with Gasteiger partial charge in [-0.3, -0.25) is 10.1 Å². The predicted octanol–water partition coefficient (Wildman–Crippen LogP) is 28.1. The van der Waals surface area contributed by atoms with Crippen LogP contribution in [0.1, 0.15) is 256 Å². The number of hydrogen-bond acceptors (Lipinski definition) is 14. The lowest BCUT2D eigenvalue weighted by molar-refractivity contribution is -0.385. The number of nitro benzene ring substituents is 1. The molecule has 0 aromatic heterocycles. The molecular weight excluding hydrogens is 1520 g/mol. The average Bonchev–Trinajstić information content (AvgIpc) is 0.807. The second-order valence-corrected chi connectivity index (χ2v) is 32.1. The molecule has 0 aliphatic heterocycles. The first-order chi connectivity index (χ1) is 58.9. The molecule has 0 unspecified atom stereocenters. The number of phenols is 2. The number of aryl methyl sites for hydroxylation is 5. The highest BCUT2D eigenvalue weighted by atomic mass is 16.6. The van der Waals surface area contributed by atoms with Gasteiger partial charge in [-0.15, -0.1) is 0 Å². The van der Waals surface area contributed by atoms with Crippen LogP contribution in [0.5, 0.6) is 40.2 Å². The molecule has 0 saturated heterocycles. The van der Waals surface area contributed by atoms with E-state index in [0.717, 1.165) is 121 Å². The Balaban J connectivity index is 0.000000309. The Bertz CT molecular complexity index is 4970. The van der Waals surface area contributed by atoms with Crippen LogP contribution in [-0.4, -0.2) is 86.2 Å². The van der Waals surface area contributed by atoms with Crippen LogP contribution in [-0.2, 0) is 0 Å². The van der Waals surface area contributed by atoms with Gasteiger partial charge in [-0.2, -0.15) is 0 Å². The molecule has 10 rings (SSSR count). The van der Waals surface area contributed by atoms with Crippen molar-refractivity contribution in [3.05, 3.63) is 271 Å². The molecule has 0 aliphatic rings. The number of unbranched alkanes of at least 4 members (excludes halogenated alkanes) is 21. The Kier molecular flexibility index (Phi) is 39.9. The second-order valence-electron chi connectivity index (χ2n) is 32.1. The molecular formula is C106H129N3O13. The summed E-state index contributed by atoms with van der Waals surface area (Å²) < 4.78 is 29.6. The molecule has 0 saturated carbocycles. The highest BCUT2D eigenvalue weighted by Crippen LogP contribution is 2.37. The first-order valence-electron chi connectivity index (χ1n) is 43.9. The predicted molar refractivity (Wildman–Crippen MR) is 503 cm³/mol. The molecule has 10 aromatic rings. The third-order valence-corrected chi connectivity index (χ3v) is 21.8. The highest BCUT2D eigenvalue weighted by molar-refractivity contribution is 5.94. The van der Waals surface area contributed by atoms with Gasteiger partial charge in [0.25, 0.3) is 0 Å². The van der Waals surface area contributed by atoms with Gasteiger partial charge in [-0.25, -0.2) is 14.4 Å². The lowest BCUT2D eigenvalue weighted by Gasteiger charge is -2.19. The Hall–Kier alpha value is -11.9. The number of esters is 2. The Morgan fingerprint density at radius 2 is 0.648 bits per heavy atom. The topological polar surface area (TPSA) is 208 Å². The minimum absolute atomic E-state index is 0.190. The number of carboxylic acid groups (broad SMARTS) is 1. The van der Waals surface area contributed by atoms with Gasteiger partial charge >= 0.3 is 23.6 Å². The molecule has 0 spiro atoms. The number of phenolic OH excluding ortho intramolecular Hbond substituents is 2. The molecule has 0 radical (unpaired) electrons. The van der Waals surface area contributed by atoms with Crippen LogP contribution in [0, 0.1) is 44.7 Å². The van der Waals surface area contributed by atoms with Crippen molar-refractivity contribution in [2.24, 2.45) is 0 Å². The number of aromatic hydroxyl groups is 2. The first kappa shape index (κ1) is 95.6. The Labute approximate surface area is 725 Å². The number of carbonyl (C=O) groups excluding carboxylic acids is 2. The maximum Gasteiger partial charge on any atom is 0.343 e. The van der Waals surface area contributed by atoms with Crippen LogP contribution in [0.25, 0.3) is 57.7 Å². The minimum Gasteiger partial charge on any atom is -0.508 e. The van der Waals surface area contributed by atoms with Crippen molar-refractivity contribution >= 4 is 59.3 Å². The number of rotatable bonds is 45. The van der Waals surface area contributed by atoms with E-state index in [2.05, 4.69) is 20.8 Å². The van der Waals surface area contributed by atoms with E-state index >= 15 is 0 Å². The van der Waals surface area contributed by atoms with Crippen LogP contribution >= 0.6 is 0 Å². The number of anilines is 2.